The van der Waals surface area contributed by atoms with E-state index in [4.69, 9.17) is 18.8 Å². The summed E-state index contributed by atoms with van der Waals surface area (Å²) in [6, 6.07) is 2.15. The van der Waals surface area contributed by atoms with Crippen molar-refractivity contribution in [2.45, 2.75) is 169 Å². The first-order valence-electron chi connectivity index (χ1n) is 29.1. The van der Waals surface area contributed by atoms with Crippen molar-refractivity contribution < 1.29 is 73.1 Å². The number of carbonyl (C=O) groups excluding carboxylic acids is 4. The molecule has 1 fully saturated rings. The summed E-state index contributed by atoms with van der Waals surface area (Å²) in [7, 11) is 5.98. The van der Waals surface area contributed by atoms with Gasteiger partial charge in [0.25, 0.3) is 11.1 Å². The van der Waals surface area contributed by atoms with Crippen LogP contribution in [-0.2, 0) is 63.2 Å². The number of aryl methyl sites for hydroxylation is 2. The molecule has 0 radical (unpaired) electrons. The number of likely N-dealkylation sites (N-methyl/N-ethyl adjacent to an activating group) is 2. The minimum Gasteiger partial charge on any atom is -0.466 e. The largest absolute Gasteiger partial charge is 0.494 e. The number of rotatable bonds is 25. The minimum absolute atomic E-state index is 0. The summed E-state index contributed by atoms with van der Waals surface area (Å²) in [5.74, 6) is -4.50. The molecule has 0 saturated carbocycles. The Morgan fingerprint density at radius 1 is 0.622 bits per heavy atom. The Hall–Kier alpha value is -5.26. The second-order valence-corrected chi connectivity index (χ2v) is 25.3. The van der Waals surface area contributed by atoms with E-state index in [2.05, 4.69) is 26.6 Å². The standard InChI is InChI=1S/C34H48BF4N3O6.C28H36BrF4N3O4.2H2S/c1-11-46-29(44)18-26(24-16-23(15-21(4)30(24)36)35-47-32(5,6)33(7,8)48-35)40-31(45)27(14-20(2)3)42-19-22(12-13-41(9)10)25(17-28(42)43)34(37,38)39;1-7-40-25(38)14-22(20-12-19(29)11-17(4)26(20)30)34-27(39)23(10-16(2)3)36-15-18(8-9-35(5)6)21(13-24(36)37)28(31,32)33;;/h15-17,19-20,26-27H,11-14,18H2,1-10H3,(H,40,45);11-13,15-16,22-23H,7-10,14H2,1-6H3,(H,34,39);2*1H2/t26-,27?;22-,23?;;/m00../s1. The molecule has 4 atom stereocenters. The topological polar surface area (TPSA) is 180 Å². The van der Waals surface area contributed by atoms with Gasteiger partial charge in [-0.25, -0.2) is 8.78 Å². The minimum atomic E-state index is -4.78. The zero-order valence-electron chi connectivity index (χ0n) is 54.0. The Morgan fingerprint density at radius 3 is 1.31 bits per heavy atom. The summed E-state index contributed by atoms with van der Waals surface area (Å²) in [6.45, 7) is 21.7. The highest BCUT2D eigenvalue weighted by Crippen LogP contribution is 2.38. The van der Waals surface area contributed by atoms with Crippen LogP contribution in [0, 0.1) is 37.3 Å². The van der Waals surface area contributed by atoms with E-state index in [-0.39, 0.29) is 124 Å². The molecule has 90 heavy (non-hydrogen) atoms. The summed E-state index contributed by atoms with van der Waals surface area (Å²) in [5, 5.41) is 5.41. The lowest BCUT2D eigenvalue weighted by atomic mass is 9.76. The molecule has 2 N–H and O–H groups in total. The molecule has 0 aliphatic carbocycles. The van der Waals surface area contributed by atoms with Crippen molar-refractivity contribution in [2.75, 3.05) is 54.5 Å². The molecule has 0 spiro atoms. The molecule has 4 aromatic rings. The zero-order chi connectivity index (χ0) is 66.7. The van der Waals surface area contributed by atoms with Crippen LogP contribution in [0.25, 0.3) is 0 Å². The summed E-state index contributed by atoms with van der Waals surface area (Å²) in [6.07, 6.45) is -8.05. The fraction of sp³-hybridized carbons (Fsp3) is 0.581. The van der Waals surface area contributed by atoms with Crippen LogP contribution >= 0.6 is 42.9 Å². The lowest BCUT2D eigenvalue weighted by Crippen LogP contribution is -2.41. The van der Waals surface area contributed by atoms with Crippen LogP contribution in [0.15, 0.2) is 62.9 Å². The van der Waals surface area contributed by atoms with Gasteiger partial charge in [0.2, 0.25) is 11.8 Å². The van der Waals surface area contributed by atoms with E-state index in [0.29, 0.717) is 22.1 Å². The molecule has 28 heteroatoms. The summed E-state index contributed by atoms with van der Waals surface area (Å²) in [4.78, 5) is 82.6. The van der Waals surface area contributed by atoms with E-state index in [0.717, 1.165) is 21.5 Å². The maximum atomic E-state index is 15.9. The number of carbonyl (C=O) groups is 4. The van der Waals surface area contributed by atoms with E-state index in [9.17, 15) is 55.1 Å². The van der Waals surface area contributed by atoms with Crippen molar-refractivity contribution in [2.24, 2.45) is 11.8 Å². The van der Waals surface area contributed by atoms with Gasteiger partial charge in [-0.1, -0.05) is 55.8 Å². The Bertz CT molecular complexity index is 3220. The van der Waals surface area contributed by atoms with Gasteiger partial charge in [0.1, 0.15) is 23.7 Å². The van der Waals surface area contributed by atoms with Gasteiger partial charge in [0, 0.05) is 53.2 Å². The first-order valence-corrected chi connectivity index (χ1v) is 29.9. The van der Waals surface area contributed by atoms with Crippen molar-refractivity contribution in [1.82, 2.24) is 29.6 Å². The Labute approximate surface area is 545 Å². The number of alkyl halides is 6. The van der Waals surface area contributed by atoms with Gasteiger partial charge in [-0.2, -0.15) is 53.3 Å². The molecule has 16 nitrogen and oxygen atoms in total. The van der Waals surface area contributed by atoms with Crippen LogP contribution < -0.4 is 27.2 Å². The molecule has 3 heterocycles. The Balaban J connectivity index is 0.000000610. The molecule has 0 bridgehead atoms. The molecule has 5 rings (SSSR count). The van der Waals surface area contributed by atoms with Gasteiger partial charge >= 0.3 is 31.4 Å². The zero-order valence-corrected chi connectivity index (χ0v) is 57.6. The van der Waals surface area contributed by atoms with Gasteiger partial charge in [-0.05, 0) is 161 Å². The molecular weight excluding hydrogens is 1300 g/mol. The fourth-order valence-electron chi connectivity index (χ4n) is 9.86. The number of esters is 2. The van der Waals surface area contributed by atoms with E-state index >= 15 is 8.78 Å². The number of nitrogens with one attached hydrogen (secondary N) is 2. The van der Waals surface area contributed by atoms with Crippen LogP contribution in [0.1, 0.15) is 164 Å². The van der Waals surface area contributed by atoms with Crippen molar-refractivity contribution in [3.05, 3.63) is 130 Å². The molecule has 2 aromatic carbocycles. The first kappa shape index (κ1) is 80.8. The SMILES string of the molecule is CCOC(=O)C[C@H](NC(=O)C(CC(C)C)n1cc(CCN(C)C)c(C(F)(F)F)cc1=O)c1cc(B2OC(C)(C)C(C)(C)O2)cc(C)c1F.CCOC(=O)C[C@H](NC(=O)C(CC(C)C)n1cc(CCN(C)C)c(C(F)(F)F)cc1=O)c1cc(Br)cc(C)c1F.S.S. The normalized spacial score (nSPS) is 15.1. The van der Waals surface area contributed by atoms with Crippen LogP contribution in [0.5, 0.6) is 0 Å². The molecule has 1 aliphatic rings. The first-order chi connectivity index (χ1) is 40.6. The average molecular weight is 1380 g/mol. The third-order valence-electron chi connectivity index (χ3n) is 15.1. The predicted molar refractivity (Wildman–Crippen MR) is 344 cm³/mol. The van der Waals surface area contributed by atoms with E-state index in [1.165, 1.54) is 26.0 Å². The fourth-order valence-corrected chi connectivity index (χ4v) is 10.4. The number of benzene rings is 2. The molecule has 2 amide bonds. The lowest BCUT2D eigenvalue weighted by molar-refractivity contribution is -0.145. The van der Waals surface area contributed by atoms with Crippen LogP contribution in [0.2, 0.25) is 0 Å². The predicted octanol–water partition coefficient (Wildman–Crippen LogP) is 10.9. The third-order valence-corrected chi connectivity index (χ3v) is 15.5. The number of halogens is 9. The maximum absolute atomic E-state index is 15.9. The van der Waals surface area contributed by atoms with Crippen molar-refractivity contribution >= 4 is 79.3 Å². The number of pyridine rings is 2. The molecule has 504 valence electrons. The number of hydrogen-bond acceptors (Lipinski definition) is 12. The number of aromatic nitrogens is 2. The summed E-state index contributed by atoms with van der Waals surface area (Å²) in [5.41, 5.74) is -4.82. The quantitative estimate of drug-likeness (QED) is 0.0365. The van der Waals surface area contributed by atoms with Gasteiger partial charge in [0.15, 0.2) is 0 Å². The number of hydrogen-bond donors (Lipinski definition) is 2. The summed E-state index contributed by atoms with van der Waals surface area (Å²) >= 11 is 3.31. The molecule has 1 aliphatic heterocycles. The van der Waals surface area contributed by atoms with E-state index in [1.807, 2.05) is 27.7 Å². The average Bonchev–Trinajstić information content (AvgIpc) is 1.48. The van der Waals surface area contributed by atoms with Crippen molar-refractivity contribution in [3.63, 3.8) is 0 Å². The maximum Gasteiger partial charge on any atom is 0.494 e. The number of amides is 2. The van der Waals surface area contributed by atoms with Crippen molar-refractivity contribution in [1.29, 1.82) is 0 Å². The van der Waals surface area contributed by atoms with E-state index < -0.39 is 125 Å². The monoisotopic (exact) mass is 1380 g/mol. The highest BCUT2D eigenvalue weighted by atomic mass is 79.9. The van der Waals surface area contributed by atoms with Gasteiger partial charge in [-0.15, -0.1) is 0 Å². The van der Waals surface area contributed by atoms with Gasteiger partial charge < -0.3 is 48.4 Å². The number of ether oxygens (including phenoxy) is 2. The van der Waals surface area contributed by atoms with Crippen molar-refractivity contribution in [3.8, 4) is 0 Å². The molecule has 2 unspecified atom stereocenters. The third kappa shape index (κ3) is 22.2. The van der Waals surface area contributed by atoms with Gasteiger partial charge in [0.05, 0.1) is 60.5 Å². The Morgan fingerprint density at radius 2 is 0.978 bits per heavy atom. The second kappa shape index (κ2) is 34.1. The molecule has 2 aromatic heterocycles. The summed E-state index contributed by atoms with van der Waals surface area (Å²) < 4.78 is 139. The molecular formula is C62H88BBrF8N6O10S2. The highest BCUT2D eigenvalue weighted by molar-refractivity contribution is 9.10. The van der Waals surface area contributed by atoms with E-state index in [1.54, 1.807) is 91.7 Å². The second-order valence-electron chi connectivity index (χ2n) is 24.4. The smallest absolute Gasteiger partial charge is 0.466 e. The van der Waals surface area contributed by atoms with Crippen LogP contribution in [-0.4, -0.2) is 116 Å². The highest BCUT2D eigenvalue weighted by Gasteiger charge is 2.52. The Kier molecular flexibility index (Phi) is 30.6. The lowest BCUT2D eigenvalue weighted by Gasteiger charge is -2.32. The number of nitrogens with zero attached hydrogens (tertiary/aromatic N) is 4. The molecule has 1 saturated heterocycles. The van der Waals surface area contributed by atoms with Gasteiger partial charge in [-0.3, -0.25) is 28.8 Å². The van der Waals surface area contributed by atoms with Crippen LogP contribution in [0.3, 0.4) is 0 Å². The van der Waals surface area contributed by atoms with Crippen LogP contribution in [0.4, 0.5) is 35.1 Å².